The lowest BCUT2D eigenvalue weighted by Gasteiger charge is -2.31. The molecule has 0 aliphatic heterocycles. The fraction of sp³-hybridized carbons (Fsp3) is 0.391. The van der Waals surface area contributed by atoms with Crippen molar-refractivity contribution < 1.29 is 0 Å². The van der Waals surface area contributed by atoms with Crippen molar-refractivity contribution in [3.8, 4) is 44.5 Å². The van der Waals surface area contributed by atoms with Crippen molar-refractivity contribution in [3.05, 3.63) is 184 Å². The van der Waals surface area contributed by atoms with Gasteiger partial charge in [0.05, 0.1) is 0 Å². The Hall–Kier alpha value is -5.66. The predicted octanol–water partition coefficient (Wildman–Crippen LogP) is 20.2. The maximum Gasteiger partial charge on any atom is 0.0470 e. The van der Waals surface area contributed by atoms with Crippen LogP contribution in [0.25, 0.3) is 44.5 Å². The zero-order chi connectivity index (χ0) is 51.3. The first-order chi connectivity index (χ1) is 32.2. The molecule has 8 rings (SSSR count). The first kappa shape index (κ1) is 50.7. The number of anilines is 3. The molecule has 0 N–H and O–H groups in total. The van der Waals surface area contributed by atoms with Crippen LogP contribution in [-0.2, 0) is 37.9 Å². The third kappa shape index (κ3) is 10.1. The number of rotatable bonds is 6. The molecule has 0 amide bonds. The Morgan fingerprint density at radius 2 is 0.614 bits per heavy atom. The van der Waals surface area contributed by atoms with E-state index in [0.29, 0.717) is 0 Å². The summed E-state index contributed by atoms with van der Waals surface area (Å²) in [5.41, 5.74) is 24.2. The van der Waals surface area contributed by atoms with Gasteiger partial charge in [0, 0.05) is 22.5 Å². The summed E-state index contributed by atoms with van der Waals surface area (Å²) in [5.74, 6) is 0. The third-order valence-corrected chi connectivity index (χ3v) is 15.1. The lowest BCUT2D eigenvalue weighted by Crippen LogP contribution is -2.17. The van der Waals surface area contributed by atoms with Crippen molar-refractivity contribution >= 4 is 17.1 Å². The van der Waals surface area contributed by atoms with Gasteiger partial charge in [-0.1, -0.05) is 236 Å². The molecule has 1 heteroatoms. The van der Waals surface area contributed by atoms with Crippen LogP contribution in [0, 0.1) is 0 Å². The van der Waals surface area contributed by atoms with Crippen LogP contribution in [0.2, 0.25) is 0 Å². The lowest BCUT2D eigenvalue weighted by molar-refractivity contribution is 0.568. The van der Waals surface area contributed by atoms with Crippen molar-refractivity contribution in [2.45, 2.75) is 176 Å². The highest BCUT2D eigenvalue weighted by molar-refractivity contribution is 5.88. The van der Waals surface area contributed by atoms with Crippen LogP contribution in [0.1, 0.15) is 183 Å². The van der Waals surface area contributed by atoms with E-state index >= 15 is 0 Å². The maximum atomic E-state index is 2.52. The zero-order valence-corrected chi connectivity index (χ0v) is 46.7. The van der Waals surface area contributed by atoms with Crippen molar-refractivity contribution in [1.82, 2.24) is 0 Å². The average Bonchev–Trinajstić information content (AvgIpc) is 3.49. The molecule has 0 bridgehead atoms. The van der Waals surface area contributed by atoms with Gasteiger partial charge < -0.3 is 4.90 Å². The minimum Gasteiger partial charge on any atom is -0.310 e. The highest BCUT2D eigenvalue weighted by Crippen LogP contribution is 2.51. The van der Waals surface area contributed by atoms with Crippen LogP contribution < -0.4 is 4.90 Å². The van der Waals surface area contributed by atoms with Gasteiger partial charge in [-0.3, -0.25) is 0 Å². The van der Waals surface area contributed by atoms with Crippen LogP contribution >= 0.6 is 0 Å². The Labute approximate surface area is 424 Å². The van der Waals surface area contributed by atoms with Gasteiger partial charge in [0.25, 0.3) is 0 Å². The largest absolute Gasteiger partial charge is 0.310 e. The second-order valence-corrected chi connectivity index (χ2v) is 27.4. The zero-order valence-electron chi connectivity index (χ0n) is 46.7. The second-order valence-electron chi connectivity index (χ2n) is 27.4. The van der Waals surface area contributed by atoms with Gasteiger partial charge >= 0.3 is 0 Å². The molecular formula is C69H83N. The van der Waals surface area contributed by atoms with Crippen molar-refractivity contribution in [2.24, 2.45) is 0 Å². The van der Waals surface area contributed by atoms with E-state index in [4.69, 9.17) is 0 Å². The van der Waals surface area contributed by atoms with Crippen LogP contribution in [0.3, 0.4) is 0 Å². The molecule has 7 aromatic carbocycles. The predicted molar refractivity (Wildman–Crippen MR) is 307 cm³/mol. The third-order valence-electron chi connectivity index (χ3n) is 15.1. The summed E-state index contributed by atoms with van der Waals surface area (Å²) in [6.45, 7) is 46.8. The monoisotopic (exact) mass is 926 g/mol. The molecule has 0 fully saturated rings. The molecule has 0 atom stereocenters. The molecule has 1 aliphatic carbocycles. The Morgan fingerprint density at radius 3 is 1.06 bits per heavy atom. The van der Waals surface area contributed by atoms with Gasteiger partial charge in [0.2, 0.25) is 0 Å². The standard InChI is InChI=1S/C69H83N/c1-63(2,3)50-32-45(48-36-53(66(10,11)12)41-54(37-48)67(13,14)15)31-46(33-50)49-38-55(68(16,17)18)42-58(39-49)70(57-29-30-60-59-23-21-22-24-61(59)69(19,20)62(60)43-57)56-27-25-44(26-28-56)47-34-51(64(4,5)6)40-52(35-47)65(7,8)9/h21-43H,1-20H3. The summed E-state index contributed by atoms with van der Waals surface area (Å²) in [4.78, 5) is 2.52. The summed E-state index contributed by atoms with van der Waals surface area (Å²) in [5, 5.41) is 0. The lowest BCUT2D eigenvalue weighted by atomic mass is 9.78. The smallest absolute Gasteiger partial charge is 0.0470 e. The van der Waals surface area contributed by atoms with Crippen LogP contribution in [0.4, 0.5) is 17.1 Å². The molecule has 0 aromatic heterocycles. The van der Waals surface area contributed by atoms with Gasteiger partial charge in [0.15, 0.2) is 0 Å². The highest BCUT2D eigenvalue weighted by Gasteiger charge is 2.36. The molecule has 0 unspecified atom stereocenters. The molecule has 1 aliphatic rings. The quantitative estimate of drug-likeness (QED) is 0.161. The normalized spacial score (nSPS) is 14.1. The Morgan fingerprint density at radius 1 is 0.271 bits per heavy atom. The summed E-state index contributed by atoms with van der Waals surface area (Å²) < 4.78 is 0. The SMILES string of the molecule is CC(C)(C)c1cc(-c2cc(N(c3ccc(-c4cc(C(C)(C)C)cc(C(C)(C)C)c4)cc3)c3ccc4c(c3)C(C)(C)c3ccccc3-4)cc(C(C)(C)C)c2)cc(-c2cc(C(C)(C)C)cc(C(C)(C)C)c2)c1. The second kappa shape index (κ2) is 17.3. The van der Waals surface area contributed by atoms with Crippen molar-refractivity contribution in [3.63, 3.8) is 0 Å². The van der Waals surface area contributed by atoms with E-state index in [1.807, 2.05) is 0 Å². The van der Waals surface area contributed by atoms with Gasteiger partial charge in [-0.2, -0.15) is 0 Å². The Kier molecular flexibility index (Phi) is 12.5. The minimum atomic E-state index is -0.139. The molecule has 0 spiro atoms. The van der Waals surface area contributed by atoms with Crippen molar-refractivity contribution in [1.29, 1.82) is 0 Å². The van der Waals surface area contributed by atoms with E-state index in [2.05, 4.69) is 283 Å². The first-order valence-corrected chi connectivity index (χ1v) is 26.0. The first-order valence-electron chi connectivity index (χ1n) is 26.0. The Bertz CT molecular complexity index is 3020. The summed E-state index contributed by atoms with van der Waals surface area (Å²) >= 11 is 0. The van der Waals surface area contributed by atoms with E-state index in [1.165, 1.54) is 89.0 Å². The van der Waals surface area contributed by atoms with Crippen LogP contribution in [-0.4, -0.2) is 0 Å². The van der Waals surface area contributed by atoms with Crippen LogP contribution in [0.5, 0.6) is 0 Å². The van der Waals surface area contributed by atoms with Gasteiger partial charge in [-0.05, 0) is 164 Å². The molecule has 0 saturated carbocycles. The van der Waals surface area contributed by atoms with Gasteiger partial charge in [-0.15, -0.1) is 0 Å². The molecule has 364 valence electrons. The molecule has 1 nitrogen and oxygen atoms in total. The highest BCUT2D eigenvalue weighted by atomic mass is 15.1. The molecule has 0 saturated heterocycles. The number of hydrogen-bond acceptors (Lipinski definition) is 1. The summed E-state index contributed by atoms with van der Waals surface area (Å²) in [7, 11) is 0. The molecule has 0 heterocycles. The molecular weight excluding hydrogens is 843 g/mol. The average molecular weight is 926 g/mol. The van der Waals surface area contributed by atoms with E-state index in [1.54, 1.807) is 0 Å². The topological polar surface area (TPSA) is 3.24 Å². The van der Waals surface area contributed by atoms with Gasteiger partial charge in [-0.25, -0.2) is 0 Å². The fourth-order valence-corrected chi connectivity index (χ4v) is 10.1. The Balaban J connectivity index is 1.37. The van der Waals surface area contributed by atoms with E-state index < -0.39 is 0 Å². The molecule has 7 aromatic rings. The molecule has 70 heavy (non-hydrogen) atoms. The molecule has 0 radical (unpaired) electrons. The summed E-state index contributed by atoms with van der Waals surface area (Å²) in [6.07, 6.45) is 0. The summed E-state index contributed by atoms with van der Waals surface area (Å²) in [6, 6.07) is 54.8. The van der Waals surface area contributed by atoms with E-state index in [0.717, 1.165) is 17.1 Å². The van der Waals surface area contributed by atoms with Crippen LogP contribution in [0.15, 0.2) is 140 Å². The number of hydrogen-bond donors (Lipinski definition) is 0. The number of fused-ring (bicyclic) bond motifs is 3. The minimum absolute atomic E-state index is 0.0134. The van der Waals surface area contributed by atoms with E-state index in [-0.39, 0.29) is 37.9 Å². The number of benzene rings is 7. The maximum absolute atomic E-state index is 2.52. The fourth-order valence-electron chi connectivity index (χ4n) is 10.1. The van der Waals surface area contributed by atoms with E-state index in [9.17, 15) is 0 Å². The number of nitrogens with zero attached hydrogens (tertiary/aromatic N) is 1. The van der Waals surface area contributed by atoms with Crippen molar-refractivity contribution in [2.75, 3.05) is 4.90 Å². The van der Waals surface area contributed by atoms with Gasteiger partial charge in [0.1, 0.15) is 0 Å².